The van der Waals surface area contributed by atoms with Crippen LogP contribution in [-0.4, -0.2) is 24.9 Å². The van der Waals surface area contributed by atoms with E-state index in [0.29, 0.717) is 6.29 Å². The van der Waals surface area contributed by atoms with E-state index in [1.807, 2.05) is 0 Å². The number of hydrogen-bond donors (Lipinski definition) is 4. The molecular formula is C4H10N4O2. The van der Waals surface area contributed by atoms with Crippen molar-refractivity contribution in [3.05, 3.63) is 0 Å². The van der Waals surface area contributed by atoms with Crippen molar-refractivity contribution in [1.82, 2.24) is 10.9 Å². The molecule has 0 rings (SSSR count). The van der Waals surface area contributed by atoms with Gasteiger partial charge in [0.25, 0.3) is 0 Å². The van der Waals surface area contributed by atoms with Crippen molar-refractivity contribution < 1.29 is 9.59 Å². The summed E-state index contributed by atoms with van der Waals surface area (Å²) >= 11 is 0. The van der Waals surface area contributed by atoms with E-state index in [1.54, 1.807) is 0 Å². The molecule has 0 fully saturated rings. The van der Waals surface area contributed by atoms with E-state index < -0.39 is 12.1 Å². The van der Waals surface area contributed by atoms with Gasteiger partial charge in [-0.1, -0.05) is 0 Å². The molecule has 0 saturated heterocycles. The molecule has 58 valence electrons. The Bertz CT molecular complexity index is 126. The van der Waals surface area contributed by atoms with Crippen LogP contribution in [0.4, 0.5) is 4.79 Å². The van der Waals surface area contributed by atoms with Crippen LogP contribution in [0.25, 0.3) is 0 Å². The number of aldehydes is 1. The average molecular weight is 146 g/mol. The van der Waals surface area contributed by atoms with E-state index in [2.05, 4.69) is 16.6 Å². The first-order chi connectivity index (χ1) is 4.66. The lowest BCUT2D eigenvalue weighted by Gasteiger charge is -2.04. The minimum absolute atomic E-state index is 0.173. The van der Waals surface area contributed by atoms with Gasteiger partial charge in [-0.25, -0.2) is 10.2 Å². The number of hydrazine groups is 1. The molecule has 10 heavy (non-hydrogen) atoms. The maximum absolute atomic E-state index is 9.99. The molecule has 0 spiro atoms. The van der Waals surface area contributed by atoms with Crippen molar-refractivity contribution in [3.8, 4) is 0 Å². The van der Waals surface area contributed by atoms with Crippen LogP contribution in [-0.2, 0) is 4.79 Å². The minimum atomic E-state index is -0.710. The third-order valence-electron chi connectivity index (χ3n) is 0.724. The van der Waals surface area contributed by atoms with Crippen LogP contribution in [0.2, 0.25) is 0 Å². The van der Waals surface area contributed by atoms with E-state index in [-0.39, 0.29) is 6.54 Å². The fourth-order valence-electron chi connectivity index (χ4n) is 0.304. The fourth-order valence-corrected chi connectivity index (χ4v) is 0.304. The zero-order valence-corrected chi connectivity index (χ0v) is 5.33. The lowest BCUT2D eigenvalue weighted by molar-refractivity contribution is -0.108. The maximum atomic E-state index is 9.99. The average Bonchev–Trinajstić information content (AvgIpc) is 1.87. The first kappa shape index (κ1) is 8.86. The number of carbonyl (C=O) groups excluding carboxylic acids is 2. The summed E-state index contributed by atoms with van der Waals surface area (Å²) in [7, 11) is 0. The highest BCUT2D eigenvalue weighted by Gasteiger charge is 1.97. The Morgan fingerprint density at radius 3 is 2.70 bits per heavy atom. The van der Waals surface area contributed by atoms with Crippen LogP contribution in [0.3, 0.4) is 0 Å². The zero-order chi connectivity index (χ0) is 7.98. The van der Waals surface area contributed by atoms with Crippen LogP contribution in [0.15, 0.2) is 0 Å². The number of urea groups is 1. The molecule has 0 aliphatic rings. The van der Waals surface area contributed by atoms with Gasteiger partial charge in [-0.2, -0.15) is 0 Å². The highest BCUT2D eigenvalue weighted by molar-refractivity contribution is 5.71. The summed E-state index contributed by atoms with van der Waals surface area (Å²) in [5.41, 5.74) is 14.2. The van der Waals surface area contributed by atoms with Crippen molar-refractivity contribution >= 4 is 12.3 Å². The van der Waals surface area contributed by atoms with Gasteiger partial charge < -0.3 is 16.3 Å². The summed E-state index contributed by atoms with van der Waals surface area (Å²) in [5.74, 6) is 0. The lowest BCUT2D eigenvalue weighted by Crippen LogP contribution is -2.46. The number of rotatable bonds is 4. The molecule has 0 radical (unpaired) electrons. The van der Waals surface area contributed by atoms with Crippen LogP contribution in [0.1, 0.15) is 0 Å². The zero-order valence-electron chi connectivity index (χ0n) is 5.33. The van der Waals surface area contributed by atoms with Gasteiger partial charge >= 0.3 is 6.03 Å². The molecule has 0 aromatic rings. The summed E-state index contributed by atoms with van der Waals surface area (Å²) in [4.78, 5) is 19.9. The number of nitrogens with two attached hydrogens (primary N) is 2. The Kier molecular flexibility index (Phi) is 4.17. The second kappa shape index (κ2) is 4.71. The van der Waals surface area contributed by atoms with Gasteiger partial charge in [-0.3, -0.25) is 5.43 Å². The van der Waals surface area contributed by atoms with Gasteiger partial charge in [0.1, 0.15) is 6.29 Å². The number of carbonyl (C=O) groups is 2. The Hall–Kier alpha value is -1.14. The second-order valence-corrected chi connectivity index (χ2v) is 1.67. The molecular weight excluding hydrogens is 136 g/mol. The Morgan fingerprint density at radius 2 is 2.30 bits per heavy atom. The third kappa shape index (κ3) is 5.01. The second-order valence-electron chi connectivity index (χ2n) is 1.67. The molecule has 0 unspecified atom stereocenters. The van der Waals surface area contributed by atoms with Gasteiger partial charge in [0, 0.05) is 6.54 Å². The van der Waals surface area contributed by atoms with Gasteiger partial charge in [-0.15, -0.1) is 0 Å². The van der Waals surface area contributed by atoms with Crippen molar-refractivity contribution in [2.24, 2.45) is 11.5 Å². The molecule has 0 aromatic heterocycles. The minimum Gasteiger partial charge on any atom is -0.351 e. The predicted molar refractivity (Wildman–Crippen MR) is 34.8 cm³/mol. The van der Waals surface area contributed by atoms with Crippen LogP contribution in [0.5, 0.6) is 0 Å². The van der Waals surface area contributed by atoms with Gasteiger partial charge in [-0.05, 0) is 0 Å². The summed E-state index contributed by atoms with van der Waals surface area (Å²) in [5, 5.41) is 0. The molecule has 0 aliphatic heterocycles. The van der Waals surface area contributed by atoms with Crippen LogP contribution in [0, 0.1) is 0 Å². The molecule has 0 bridgehead atoms. The Balaban J connectivity index is 3.19. The molecule has 0 aliphatic carbocycles. The molecule has 0 aromatic carbocycles. The largest absolute Gasteiger partial charge is 0.351 e. The molecule has 0 saturated carbocycles. The van der Waals surface area contributed by atoms with Gasteiger partial charge in [0.15, 0.2) is 0 Å². The number of hydrogen-bond acceptors (Lipinski definition) is 4. The Morgan fingerprint density at radius 1 is 1.70 bits per heavy atom. The number of amides is 2. The summed E-state index contributed by atoms with van der Waals surface area (Å²) < 4.78 is 0. The van der Waals surface area contributed by atoms with E-state index in [1.165, 1.54) is 0 Å². The molecule has 6 nitrogen and oxygen atoms in total. The van der Waals surface area contributed by atoms with E-state index >= 15 is 0 Å². The summed E-state index contributed by atoms with van der Waals surface area (Å²) in [6.07, 6.45) is 0.565. The smallest absolute Gasteiger partial charge is 0.326 e. The molecule has 1 atom stereocenters. The molecule has 0 heterocycles. The number of primary amides is 1. The predicted octanol–water partition coefficient (Wildman–Crippen LogP) is -2.31. The molecule has 6 heteroatoms. The van der Waals surface area contributed by atoms with E-state index in [0.717, 1.165) is 0 Å². The summed E-state index contributed by atoms with van der Waals surface area (Å²) in [6, 6.07) is -1.33. The highest BCUT2D eigenvalue weighted by atomic mass is 16.2. The first-order valence-electron chi connectivity index (χ1n) is 2.66. The number of nitrogens with one attached hydrogen (secondary N) is 2. The first-order valence-corrected chi connectivity index (χ1v) is 2.66. The van der Waals surface area contributed by atoms with Gasteiger partial charge in [0.05, 0.1) is 6.04 Å². The van der Waals surface area contributed by atoms with Crippen LogP contribution < -0.4 is 22.3 Å². The standard InChI is InChI=1S/C4H10N4O2/c5-3(2-9)1-7-8-4(6)10/h2-3,7H,1,5H2,(H3,6,8,10)/t3-/m0/s1. The van der Waals surface area contributed by atoms with Crippen molar-refractivity contribution in [3.63, 3.8) is 0 Å². The Labute approximate surface area is 57.9 Å². The monoisotopic (exact) mass is 146 g/mol. The normalized spacial score (nSPS) is 12.1. The van der Waals surface area contributed by atoms with E-state index in [4.69, 9.17) is 5.73 Å². The van der Waals surface area contributed by atoms with E-state index in [9.17, 15) is 9.59 Å². The summed E-state index contributed by atoms with van der Waals surface area (Å²) in [6.45, 7) is 0.173. The third-order valence-corrected chi connectivity index (χ3v) is 0.724. The fraction of sp³-hybridized carbons (Fsp3) is 0.500. The quantitative estimate of drug-likeness (QED) is 0.263. The molecule has 2 amide bonds. The van der Waals surface area contributed by atoms with Crippen molar-refractivity contribution in [1.29, 1.82) is 0 Å². The maximum Gasteiger partial charge on any atom is 0.326 e. The topological polar surface area (TPSA) is 110 Å². The van der Waals surface area contributed by atoms with Crippen LogP contribution >= 0.6 is 0 Å². The van der Waals surface area contributed by atoms with Gasteiger partial charge in [0.2, 0.25) is 0 Å². The molecule has 6 N–H and O–H groups in total. The van der Waals surface area contributed by atoms with Crippen molar-refractivity contribution in [2.75, 3.05) is 6.54 Å². The SMILES string of the molecule is NC(=O)NNC[C@H](N)C=O. The lowest BCUT2D eigenvalue weighted by atomic mass is 10.4. The highest BCUT2D eigenvalue weighted by Crippen LogP contribution is 1.63. The van der Waals surface area contributed by atoms with Crippen molar-refractivity contribution in [2.45, 2.75) is 6.04 Å².